The molecule has 1 aliphatic carbocycles. The SMILES string of the molecule is O=C1C(c2ccccc2)=C(c2ccccc2)C(c2ccccc2)=C1c1cccc(C#Cc2cccc(-c3c4ccc5ccccc5c4nc4c3ccc3ccccc34)c2)c1. The first-order valence-corrected chi connectivity index (χ1v) is 20.3. The zero-order valence-electron chi connectivity index (χ0n) is 32.6. The minimum Gasteiger partial charge on any atom is -0.289 e. The number of rotatable bonds is 5. The van der Waals surface area contributed by atoms with E-state index in [1.54, 1.807) is 0 Å². The lowest BCUT2D eigenvalue weighted by molar-refractivity contribution is -0.108. The van der Waals surface area contributed by atoms with Crippen LogP contribution in [0.15, 0.2) is 212 Å². The molecule has 0 fully saturated rings. The van der Waals surface area contributed by atoms with Gasteiger partial charge >= 0.3 is 0 Å². The first-order valence-electron chi connectivity index (χ1n) is 20.3. The molecule has 0 saturated carbocycles. The molecule has 0 unspecified atom stereocenters. The third-order valence-corrected chi connectivity index (χ3v) is 11.6. The fraction of sp³-hybridized carbons (Fsp3) is 0. The van der Waals surface area contributed by atoms with Crippen LogP contribution < -0.4 is 0 Å². The molecule has 0 N–H and O–H groups in total. The highest BCUT2D eigenvalue weighted by Gasteiger charge is 2.35. The zero-order valence-corrected chi connectivity index (χ0v) is 32.6. The highest BCUT2D eigenvalue weighted by Crippen LogP contribution is 2.49. The predicted molar refractivity (Wildman–Crippen MR) is 250 cm³/mol. The molecule has 2 heteroatoms. The zero-order chi connectivity index (χ0) is 40.0. The molecule has 10 aromatic rings. The molecule has 1 aromatic heterocycles. The first kappa shape index (κ1) is 35.1. The Morgan fingerprint density at radius 1 is 0.317 bits per heavy atom. The molecule has 0 bridgehead atoms. The average molecular weight is 762 g/mol. The summed E-state index contributed by atoms with van der Waals surface area (Å²) in [5.74, 6) is 6.97. The van der Waals surface area contributed by atoms with Crippen molar-refractivity contribution >= 4 is 71.4 Å². The number of hydrogen-bond acceptors (Lipinski definition) is 2. The number of carbonyl (C=O) groups excluding carboxylic acids is 1. The van der Waals surface area contributed by atoms with Crippen molar-refractivity contribution in [2.24, 2.45) is 0 Å². The van der Waals surface area contributed by atoms with E-state index in [1.807, 2.05) is 84.9 Å². The standard InChI is InChI=1S/C58H35NO/c60-58-54(44-24-8-3-9-25-44)52(42-20-4-1-5-21-42)53(43-22-6-2-7-23-43)55(58)46-27-15-17-39(37-46)31-30-38-16-14-26-45(36-38)51-49-34-32-40-18-10-12-28-47(40)56(49)59-57-48-29-13-11-19-41(48)33-35-50(51)57/h1-29,32-37H. The third-order valence-electron chi connectivity index (χ3n) is 11.6. The molecule has 1 heterocycles. The molecule has 1 aliphatic rings. The summed E-state index contributed by atoms with van der Waals surface area (Å²) in [5, 5.41) is 6.82. The third kappa shape index (κ3) is 6.00. The molecule has 0 amide bonds. The largest absolute Gasteiger partial charge is 0.289 e. The number of Topliss-reactive ketones (excluding diaryl/α,β-unsaturated/α-hetero) is 1. The van der Waals surface area contributed by atoms with Gasteiger partial charge in [0.25, 0.3) is 0 Å². The number of pyridine rings is 1. The number of allylic oxidation sites excluding steroid dienone is 4. The molecule has 0 atom stereocenters. The molecule has 0 saturated heterocycles. The van der Waals surface area contributed by atoms with Gasteiger partial charge in [0.05, 0.1) is 11.0 Å². The fourth-order valence-electron chi connectivity index (χ4n) is 8.92. The summed E-state index contributed by atoms with van der Waals surface area (Å²) in [5.41, 5.74) is 13.0. The molecule has 9 aromatic carbocycles. The van der Waals surface area contributed by atoms with Gasteiger partial charge in [-0.25, -0.2) is 4.98 Å². The van der Waals surface area contributed by atoms with E-state index in [-0.39, 0.29) is 5.78 Å². The maximum absolute atomic E-state index is 14.9. The summed E-state index contributed by atoms with van der Waals surface area (Å²) in [6, 6.07) is 73.0. The summed E-state index contributed by atoms with van der Waals surface area (Å²) in [6.07, 6.45) is 0. The molecule has 11 rings (SSSR count). The lowest BCUT2D eigenvalue weighted by Crippen LogP contribution is -2.02. The van der Waals surface area contributed by atoms with Crippen molar-refractivity contribution in [2.75, 3.05) is 0 Å². The molecule has 0 radical (unpaired) electrons. The van der Waals surface area contributed by atoms with Crippen LogP contribution in [-0.2, 0) is 4.79 Å². The average Bonchev–Trinajstić information content (AvgIpc) is 3.63. The highest BCUT2D eigenvalue weighted by molar-refractivity contribution is 6.59. The van der Waals surface area contributed by atoms with Crippen molar-refractivity contribution in [2.45, 2.75) is 0 Å². The summed E-state index contributed by atoms with van der Waals surface area (Å²) in [4.78, 5) is 20.3. The van der Waals surface area contributed by atoms with Crippen LogP contribution in [-0.4, -0.2) is 10.8 Å². The Morgan fingerprint density at radius 3 is 1.23 bits per heavy atom. The monoisotopic (exact) mass is 761 g/mol. The van der Waals surface area contributed by atoms with E-state index in [2.05, 4.69) is 139 Å². The van der Waals surface area contributed by atoms with Gasteiger partial charge in [0.15, 0.2) is 5.78 Å². The molecular weight excluding hydrogens is 727 g/mol. The maximum Gasteiger partial charge on any atom is 0.195 e. The number of carbonyl (C=O) groups is 1. The number of benzene rings is 9. The normalized spacial score (nSPS) is 12.8. The van der Waals surface area contributed by atoms with Crippen molar-refractivity contribution in [1.82, 2.24) is 4.98 Å². The molecule has 0 aliphatic heterocycles. The molecule has 278 valence electrons. The van der Waals surface area contributed by atoms with Crippen LogP contribution in [0.3, 0.4) is 0 Å². The lowest BCUT2D eigenvalue weighted by atomic mass is 9.89. The number of fused-ring (bicyclic) bond motifs is 6. The Labute approximate surface area is 348 Å². The number of aromatic nitrogens is 1. The summed E-state index contributed by atoms with van der Waals surface area (Å²) < 4.78 is 0. The van der Waals surface area contributed by atoms with Gasteiger partial charge in [0.2, 0.25) is 0 Å². The van der Waals surface area contributed by atoms with Gasteiger partial charge in [-0.2, -0.15) is 0 Å². The van der Waals surface area contributed by atoms with Crippen LogP contribution in [0.25, 0.3) is 76.8 Å². The Balaban J connectivity index is 1.04. The highest BCUT2D eigenvalue weighted by atomic mass is 16.1. The van der Waals surface area contributed by atoms with Gasteiger partial charge < -0.3 is 0 Å². The van der Waals surface area contributed by atoms with E-state index in [0.29, 0.717) is 11.1 Å². The quantitative estimate of drug-likeness (QED) is 0.0993. The lowest BCUT2D eigenvalue weighted by Gasteiger charge is -2.15. The van der Waals surface area contributed by atoms with Crippen LogP contribution in [0.5, 0.6) is 0 Å². The summed E-state index contributed by atoms with van der Waals surface area (Å²) in [6.45, 7) is 0. The van der Waals surface area contributed by atoms with E-state index < -0.39 is 0 Å². The van der Waals surface area contributed by atoms with Gasteiger partial charge in [0.1, 0.15) is 0 Å². The van der Waals surface area contributed by atoms with Crippen molar-refractivity contribution in [3.63, 3.8) is 0 Å². The van der Waals surface area contributed by atoms with Crippen molar-refractivity contribution in [3.05, 3.63) is 246 Å². The second kappa shape index (κ2) is 14.7. The van der Waals surface area contributed by atoms with Crippen LogP contribution >= 0.6 is 0 Å². The molecule has 60 heavy (non-hydrogen) atoms. The van der Waals surface area contributed by atoms with Gasteiger partial charge in [-0.15, -0.1) is 0 Å². The van der Waals surface area contributed by atoms with E-state index in [4.69, 9.17) is 4.98 Å². The second-order valence-corrected chi connectivity index (χ2v) is 15.2. The van der Waals surface area contributed by atoms with Crippen molar-refractivity contribution < 1.29 is 4.79 Å². The van der Waals surface area contributed by atoms with Gasteiger partial charge in [0, 0.05) is 60.5 Å². The van der Waals surface area contributed by atoms with Crippen LogP contribution in [0.1, 0.15) is 33.4 Å². The molecular formula is C58H35NO. The fourth-order valence-corrected chi connectivity index (χ4v) is 8.92. The minimum absolute atomic E-state index is 0.00841. The smallest absolute Gasteiger partial charge is 0.195 e. The van der Waals surface area contributed by atoms with E-state index in [0.717, 1.165) is 88.2 Å². The number of ketones is 1. The number of hydrogen-bond donors (Lipinski definition) is 0. The summed E-state index contributed by atoms with van der Waals surface area (Å²) >= 11 is 0. The second-order valence-electron chi connectivity index (χ2n) is 15.2. The van der Waals surface area contributed by atoms with Crippen molar-refractivity contribution in [3.8, 4) is 23.0 Å². The van der Waals surface area contributed by atoms with Crippen LogP contribution in [0.4, 0.5) is 0 Å². The van der Waals surface area contributed by atoms with Gasteiger partial charge in [-0.05, 0) is 62.9 Å². The minimum atomic E-state index is 0.00841. The molecule has 0 spiro atoms. The predicted octanol–water partition coefficient (Wildman–Crippen LogP) is 13.9. The van der Waals surface area contributed by atoms with E-state index in [9.17, 15) is 4.79 Å². The van der Waals surface area contributed by atoms with E-state index in [1.165, 1.54) is 10.8 Å². The molecule has 2 nitrogen and oxygen atoms in total. The summed E-state index contributed by atoms with van der Waals surface area (Å²) in [7, 11) is 0. The van der Waals surface area contributed by atoms with E-state index >= 15 is 0 Å². The van der Waals surface area contributed by atoms with Crippen LogP contribution in [0.2, 0.25) is 0 Å². The Bertz CT molecular complexity index is 3380. The Kier molecular flexibility index (Phi) is 8.58. The maximum atomic E-state index is 14.9. The topological polar surface area (TPSA) is 30.0 Å². The van der Waals surface area contributed by atoms with Crippen molar-refractivity contribution in [1.29, 1.82) is 0 Å². The van der Waals surface area contributed by atoms with Crippen LogP contribution in [0, 0.1) is 11.8 Å². The first-order chi connectivity index (χ1) is 29.7. The van der Waals surface area contributed by atoms with Gasteiger partial charge in [-0.1, -0.05) is 200 Å². The van der Waals surface area contributed by atoms with Gasteiger partial charge in [-0.3, -0.25) is 4.79 Å². The number of nitrogens with zero attached hydrogens (tertiary/aromatic N) is 1. The Morgan fingerprint density at radius 2 is 0.717 bits per heavy atom. The Hall–Kier alpha value is -8.12.